The fourth-order valence-electron chi connectivity index (χ4n) is 1.96. The molecule has 2 N–H and O–H groups in total. The minimum Gasteiger partial charge on any atom is -0.385 e. The van der Waals surface area contributed by atoms with Crippen LogP contribution in [0.4, 0.5) is 0 Å². The van der Waals surface area contributed by atoms with Gasteiger partial charge in [-0.25, -0.2) is 0 Å². The van der Waals surface area contributed by atoms with Crippen LogP contribution in [0.1, 0.15) is 24.0 Å². The second kappa shape index (κ2) is 2.39. The van der Waals surface area contributed by atoms with Gasteiger partial charge < -0.3 is 10.1 Å². The number of aromatic amines is 1. The molecule has 1 aliphatic rings. The highest BCUT2D eigenvalue weighted by Crippen LogP contribution is 2.45. The van der Waals surface area contributed by atoms with Crippen LogP contribution in [0.2, 0.25) is 0 Å². The molecule has 0 saturated heterocycles. The summed E-state index contributed by atoms with van der Waals surface area (Å²) in [6.45, 7) is 2.08. The van der Waals surface area contributed by atoms with Gasteiger partial charge in [-0.05, 0) is 43.0 Å². The summed E-state index contributed by atoms with van der Waals surface area (Å²) in [5.41, 5.74) is 2.94. The molecular weight excluding hydrogens is 174 g/mol. The summed E-state index contributed by atoms with van der Waals surface area (Å²) in [6, 6.07) is 6.17. The van der Waals surface area contributed by atoms with Crippen molar-refractivity contribution in [2.24, 2.45) is 0 Å². The Labute approximate surface area is 82.6 Å². The first-order valence-electron chi connectivity index (χ1n) is 5.00. The number of nitrogens with one attached hydrogen (secondary N) is 1. The van der Waals surface area contributed by atoms with Crippen LogP contribution in [0.5, 0.6) is 0 Å². The van der Waals surface area contributed by atoms with Crippen LogP contribution in [0.25, 0.3) is 10.9 Å². The van der Waals surface area contributed by atoms with Gasteiger partial charge in [-0.15, -0.1) is 0 Å². The predicted molar refractivity (Wildman–Crippen MR) is 56.2 cm³/mol. The molecule has 0 amide bonds. The highest BCUT2D eigenvalue weighted by molar-refractivity contribution is 5.83. The molecule has 1 aromatic carbocycles. The lowest BCUT2D eigenvalue weighted by atomic mass is 10.0. The fourth-order valence-corrected chi connectivity index (χ4v) is 1.96. The third-order valence-electron chi connectivity index (χ3n) is 3.15. The molecule has 0 spiro atoms. The Morgan fingerprint density at radius 1 is 1.36 bits per heavy atom. The maximum Gasteiger partial charge on any atom is 0.0899 e. The molecule has 2 aromatic rings. The van der Waals surface area contributed by atoms with E-state index in [1.54, 1.807) is 0 Å². The molecule has 14 heavy (non-hydrogen) atoms. The van der Waals surface area contributed by atoms with Crippen molar-refractivity contribution in [2.75, 3.05) is 0 Å². The van der Waals surface area contributed by atoms with Gasteiger partial charge in [0.2, 0.25) is 0 Å². The second-order valence-corrected chi connectivity index (χ2v) is 4.26. The van der Waals surface area contributed by atoms with Gasteiger partial charge in [-0.2, -0.15) is 0 Å². The summed E-state index contributed by atoms with van der Waals surface area (Å²) in [7, 11) is 0. The van der Waals surface area contributed by atoms with Gasteiger partial charge in [-0.1, -0.05) is 6.07 Å². The molecule has 1 aromatic heterocycles. The van der Waals surface area contributed by atoms with Crippen molar-refractivity contribution in [1.82, 2.24) is 4.98 Å². The number of fused-ring (bicyclic) bond motifs is 1. The monoisotopic (exact) mass is 187 g/mol. The number of rotatable bonds is 1. The number of aryl methyl sites for hydroxylation is 1. The summed E-state index contributed by atoms with van der Waals surface area (Å²) in [4.78, 5) is 3.21. The summed E-state index contributed by atoms with van der Waals surface area (Å²) >= 11 is 0. The van der Waals surface area contributed by atoms with Crippen molar-refractivity contribution in [3.05, 3.63) is 35.5 Å². The highest BCUT2D eigenvalue weighted by atomic mass is 16.3. The minimum absolute atomic E-state index is 0.516. The minimum atomic E-state index is -0.516. The zero-order valence-corrected chi connectivity index (χ0v) is 8.17. The molecule has 1 aliphatic carbocycles. The fraction of sp³-hybridized carbons (Fsp3) is 0.333. The summed E-state index contributed by atoms with van der Waals surface area (Å²) in [6.07, 6.45) is 3.81. The zero-order valence-electron chi connectivity index (χ0n) is 8.17. The Balaban J connectivity index is 2.23. The van der Waals surface area contributed by atoms with E-state index in [0.29, 0.717) is 0 Å². The van der Waals surface area contributed by atoms with Gasteiger partial charge >= 0.3 is 0 Å². The van der Waals surface area contributed by atoms with Crippen LogP contribution in [0.15, 0.2) is 24.4 Å². The molecule has 0 atom stereocenters. The lowest BCUT2D eigenvalue weighted by molar-refractivity contribution is 0.151. The third-order valence-corrected chi connectivity index (χ3v) is 3.15. The smallest absolute Gasteiger partial charge is 0.0899 e. The average molecular weight is 187 g/mol. The molecule has 1 saturated carbocycles. The molecule has 0 unspecified atom stereocenters. The molecule has 2 nitrogen and oxygen atoms in total. The van der Waals surface area contributed by atoms with Crippen molar-refractivity contribution >= 4 is 10.9 Å². The van der Waals surface area contributed by atoms with Crippen LogP contribution >= 0.6 is 0 Å². The molecule has 2 heteroatoms. The van der Waals surface area contributed by atoms with Crippen molar-refractivity contribution in [3.8, 4) is 0 Å². The van der Waals surface area contributed by atoms with E-state index in [2.05, 4.69) is 18.0 Å². The van der Waals surface area contributed by atoms with E-state index in [4.69, 9.17) is 0 Å². The van der Waals surface area contributed by atoms with Gasteiger partial charge in [0.15, 0.2) is 0 Å². The largest absolute Gasteiger partial charge is 0.385 e. The number of hydrogen-bond donors (Lipinski definition) is 2. The number of hydrogen-bond acceptors (Lipinski definition) is 1. The Morgan fingerprint density at radius 3 is 2.86 bits per heavy atom. The Kier molecular flexibility index (Phi) is 1.38. The molecule has 1 heterocycles. The van der Waals surface area contributed by atoms with E-state index in [1.807, 2.05) is 18.3 Å². The van der Waals surface area contributed by atoms with Crippen LogP contribution in [0, 0.1) is 6.92 Å². The first-order valence-corrected chi connectivity index (χ1v) is 5.00. The molecule has 72 valence electrons. The lowest BCUT2D eigenvalue weighted by Gasteiger charge is -2.07. The first-order chi connectivity index (χ1) is 6.69. The maximum absolute atomic E-state index is 9.98. The normalized spacial score (nSPS) is 18.7. The maximum atomic E-state index is 9.98. The highest BCUT2D eigenvalue weighted by Gasteiger charge is 2.42. The van der Waals surface area contributed by atoms with Crippen LogP contribution < -0.4 is 0 Å². The van der Waals surface area contributed by atoms with Gasteiger partial charge in [0.25, 0.3) is 0 Å². The predicted octanol–water partition coefficient (Wildman–Crippen LogP) is 2.46. The molecule has 0 bridgehead atoms. The Bertz CT molecular complexity index is 494. The van der Waals surface area contributed by atoms with E-state index in [9.17, 15) is 5.11 Å². The topological polar surface area (TPSA) is 36.0 Å². The summed E-state index contributed by atoms with van der Waals surface area (Å²) in [5, 5.41) is 11.2. The van der Waals surface area contributed by atoms with Crippen molar-refractivity contribution in [2.45, 2.75) is 25.4 Å². The van der Waals surface area contributed by atoms with Crippen LogP contribution in [-0.4, -0.2) is 10.1 Å². The summed E-state index contributed by atoms with van der Waals surface area (Å²) in [5.74, 6) is 0. The van der Waals surface area contributed by atoms with Crippen molar-refractivity contribution in [1.29, 1.82) is 0 Å². The van der Waals surface area contributed by atoms with E-state index in [0.717, 1.165) is 23.9 Å². The van der Waals surface area contributed by atoms with Gasteiger partial charge in [0, 0.05) is 17.1 Å². The van der Waals surface area contributed by atoms with E-state index < -0.39 is 5.60 Å². The number of aliphatic hydroxyl groups is 1. The molecular formula is C12H13NO. The zero-order chi connectivity index (χ0) is 9.76. The molecule has 0 radical (unpaired) electrons. The van der Waals surface area contributed by atoms with Gasteiger partial charge in [0.1, 0.15) is 0 Å². The van der Waals surface area contributed by atoms with Crippen molar-refractivity contribution in [3.63, 3.8) is 0 Å². The SMILES string of the molecule is Cc1c[nH]c2ccc(C3(O)CC3)cc12. The summed E-state index contributed by atoms with van der Waals surface area (Å²) < 4.78 is 0. The van der Waals surface area contributed by atoms with E-state index in [-0.39, 0.29) is 0 Å². The second-order valence-electron chi connectivity index (χ2n) is 4.26. The van der Waals surface area contributed by atoms with Crippen LogP contribution in [0.3, 0.4) is 0 Å². The standard InChI is InChI=1S/C12H13NO/c1-8-7-13-11-3-2-9(6-10(8)11)12(14)4-5-12/h2-3,6-7,13-14H,4-5H2,1H3. The molecule has 3 rings (SSSR count). The van der Waals surface area contributed by atoms with Crippen molar-refractivity contribution < 1.29 is 5.11 Å². The first kappa shape index (κ1) is 8.06. The number of aromatic nitrogens is 1. The van der Waals surface area contributed by atoms with Gasteiger partial charge in [-0.3, -0.25) is 0 Å². The van der Waals surface area contributed by atoms with Gasteiger partial charge in [0.05, 0.1) is 5.60 Å². The quantitative estimate of drug-likeness (QED) is 0.706. The molecule has 0 aliphatic heterocycles. The van der Waals surface area contributed by atoms with Crippen LogP contribution in [-0.2, 0) is 5.60 Å². The van der Waals surface area contributed by atoms with E-state index in [1.165, 1.54) is 10.9 Å². The molecule has 1 fully saturated rings. The Morgan fingerprint density at radius 2 is 2.14 bits per heavy atom. The third kappa shape index (κ3) is 1.01. The van der Waals surface area contributed by atoms with E-state index >= 15 is 0 Å². The number of H-pyrrole nitrogens is 1. The lowest BCUT2D eigenvalue weighted by Crippen LogP contribution is -2.03. The Hall–Kier alpha value is -1.28. The average Bonchev–Trinajstić information content (AvgIpc) is 2.84. The number of benzene rings is 1.